The van der Waals surface area contributed by atoms with Gasteiger partial charge in [0, 0.05) is 9.37 Å². The molecule has 0 aliphatic rings. The highest BCUT2D eigenvalue weighted by Crippen LogP contribution is 2.33. The molecule has 5 heteroatoms. The van der Waals surface area contributed by atoms with Gasteiger partial charge in [0.15, 0.2) is 0 Å². The molecule has 0 heterocycles. The molecule has 1 aromatic rings. The summed E-state index contributed by atoms with van der Waals surface area (Å²) < 4.78 is 37.2. The number of hydrogen-bond donors (Lipinski definition) is 0. The van der Waals surface area contributed by atoms with Crippen molar-refractivity contribution in [2.75, 3.05) is 6.26 Å². The van der Waals surface area contributed by atoms with Gasteiger partial charge in [-0.25, -0.2) is 0 Å². The molecule has 1 rings (SSSR count). The Morgan fingerprint density at radius 3 is 2.31 bits per heavy atom. The third-order valence-corrected chi connectivity index (χ3v) is 2.60. The van der Waals surface area contributed by atoms with Crippen molar-refractivity contribution in [2.45, 2.75) is 11.1 Å². The molecule has 0 bridgehead atoms. The van der Waals surface area contributed by atoms with Gasteiger partial charge in [0.2, 0.25) is 0 Å². The van der Waals surface area contributed by atoms with Crippen LogP contribution in [0.5, 0.6) is 0 Å². The first-order valence-corrected chi connectivity index (χ1v) is 5.37. The van der Waals surface area contributed by atoms with Crippen LogP contribution in [-0.2, 0) is 6.18 Å². The lowest BCUT2D eigenvalue weighted by Gasteiger charge is -2.08. The highest BCUT2D eigenvalue weighted by atomic mass is 79.9. The van der Waals surface area contributed by atoms with Crippen molar-refractivity contribution >= 4 is 27.7 Å². The number of thioether (sulfide) groups is 1. The van der Waals surface area contributed by atoms with Gasteiger partial charge >= 0.3 is 6.18 Å². The Morgan fingerprint density at radius 1 is 1.23 bits per heavy atom. The second-order valence-electron chi connectivity index (χ2n) is 2.38. The Labute approximate surface area is 86.6 Å². The fourth-order valence-electron chi connectivity index (χ4n) is 0.844. The first-order valence-electron chi connectivity index (χ1n) is 3.35. The number of halogens is 4. The molecule has 72 valence electrons. The Morgan fingerprint density at radius 2 is 1.85 bits per heavy atom. The van der Waals surface area contributed by atoms with Crippen molar-refractivity contribution in [3.8, 4) is 0 Å². The topological polar surface area (TPSA) is 0 Å². The van der Waals surface area contributed by atoms with Crippen molar-refractivity contribution in [3.05, 3.63) is 28.2 Å². The average Bonchev–Trinajstić information content (AvgIpc) is 2.01. The van der Waals surface area contributed by atoms with E-state index in [0.29, 0.717) is 9.37 Å². The maximum atomic E-state index is 12.3. The Bertz CT molecular complexity index is 309. The Hall–Kier alpha value is -0.160. The van der Waals surface area contributed by atoms with Gasteiger partial charge in [-0.3, -0.25) is 0 Å². The van der Waals surface area contributed by atoms with Crippen LogP contribution in [0, 0.1) is 0 Å². The minimum Gasteiger partial charge on any atom is -0.166 e. The highest BCUT2D eigenvalue weighted by molar-refractivity contribution is 9.10. The maximum Gasteiger partial charge on any atom is 0.416 e. The summed E-state index contributed by atoms with van der Waals surface area (Å²) in [5.41, 5.74) is -0.619. The quantitative estimate of drug-likeness (QED) is 0.690. The molecule has 0 N–H and O–H groups in total. The minimum absolute atomic E-state index is 0.451. The predicted octanol–water partition coefficient (Wildman–Crippen LogP) is 4.19. The van der Waals surface area contributed by atoms with Gasteiger partial charge in [0.05, 0.1) is 5.56 Å². The van der Waals surface area contributed by atoms with Crippen LogP contribution in [0.15, 0.2) is 27.6 Å². The predicted molar refractivity (Wildman–Crippen MR) is 50.9 cm³/mol. The van der Waals surface area contributed by atoms with E-state index in [1.807, 2.05) is 0 Å². The SMILES string of the molecule is CSc1cc(Br)cc(C(F)(F)F)c1. The molecule has 1 aromatic carbocycles. The van der Waals surface area contributed by atoms with Gasteiger partial charge in [-0.05, 0) is 24.5 Å². The molecule has 0 amide bonds. The molecule has 0 aromatic heterocycles. The molecule has 0 radical (unpaired) electrons. The summed E-state index contributed by atoms with van der Waals surface area (Å²) in [5.74, 6) is 0. The Kier molecular flexibility index (Phi) is 3.29. The zero-order valence-electron chi connectivity index (χ0n) is 6.65. The van der Waals surface area contributed by atoms with Crippen molar-refractivity contribution in [3.63, 3.8) is 0 Å². The first kappa shape index (κ1) is 10.9. The van der Waals surface area contributed by atoms with Gasteiger partial charge in [-0.15, -0.1) is 11.8 Å². The fourth-order valence-corrected chi connectivity index (χ4v) is 1.98. The van der Waals surface area contributed by atoms with Gasteiger partial charge < -0.3 is 0 Å². The minimum atomic E-state index is -4.27. The van der Waals surface area contributed by atoms with Crippen LogP contribution in [0.25, 0.3) is 0 Å². The largest absolute Gasteiger partial charge is 0.416 e. The normalized spacial score (nSPS) is 11.8. The number of alkyl halides is 3. The lowest BCUT2D eigenvalue weighted by Crippen LogP contribution is -2.04. The number of hydrogen-bond acceptors (Lipinski definition) is 1. The summed E-state index contributed by atoms with van der Waals surface area (Å²) >= 11 is 4.32. The summed E-state index contributed by atoms with van der Waals surface area (Å²) in [6.07, 6.45) is -2.53. The van der Waals surface area contributed by atoms with E-state index in [-0.39, 0.29) is 0 Å². The number of benzene rings is 1. The fraction of sp³-hybridized carbons (Fsp3) is 0.250. The standard InChI is InChI=1S/C8H6BrF3S/c1-13-7-3-5(8(10,11)12)2-6(9)4-7/h2-4H,1H3. The lowest BCUT2D eigenvalue weighted by molar-refractivity contribution is -0.137. The molecule has 0 fully saturated rings. The molecular formula is C8H6BrF3S. The van der Waals surface area contributed by atoms with Crippen molar-refractivity contribution in [1.82, 2.24) is 0 Å². The smallest absolute Gasteiger partial charge is 0.166 e. The zero-order chi connectivity index (χ0) is 10.1. The molecule has 0 unspecified atom stereocenters. The molecule has 0 aliphatic heterocycles. The van der Waals surface area contributed by atoms with Crippen LogP contribution in [0.3, 0.4) is 0 Å². The maximum absolute atomic E-state index is 12.3. The summed E-state index contributed by atoms with van der Waals surface area (Å²) in [5, 5.41) is 0. The molecule has 13 heavy (non-hydrogen) atoms. The average molecular weight is 271 g/mol. The van der Waals surface area contributed by atoms with E-state index >= 15 is 0 Å². The summed E-state index contributed by atoms with van der Waals surface area (Å²) in [6.45, 7) is 0. The van der Waals surface area contributed by atoms with Crippen LogP contribution in [-0.4, -0.2) is 6.26 Å². The van der Waals surface area contributed by atoms with E-state index in [2.05, 4.69) is 15.9 Å². The molecule has 0 atom stereocenters. The van der Waals surface area contributed by atoms with E-state index in [4.69, 9.17) is 0 Å². The van der Waals surface area contributed by atoms with Crippen LogP contribution in [0.1, 0.15) is 5.56 Å². The van der Waals surface area contributed by atoms with E-state index < -0.39 is 11.7 Å². The number of rotatable bonds is 1. The van der Waals surface area contributed by atoms with Gasteiger partial charge in [0.1, 0.15) is 0 Å². The molecule has 0 saturated carbocycles. The zero-order valence-corrected chi connectivity index (χ0v) is 9.05. The molecule has 0 saturated heterocycles. The van der Waals surface area contributed by atoms with Gasteiger partial charge in [-0.1, -0.05) is 15.9 Å². The van der Waals surface area contributed by atoms with E-state index in [1.54, 1.807) is 12.3 Å². The summed E-state index contributed by atoms with van der Waals surface area (Å²) in [4.78, 5) is 0.599. The highest BCUT2D eigenvalue weighted by Gasteiger charge is 2.30. The third kappa shape index (κ3) is 2.91. The van der Waals surface area contributed by atoms with Gasteiger partial charge in [-0.2, -0.15) is 13.2 Å². The van der Waals surface area contributed by atoms with E-state index in [0.717, 1.165) is 12.1 Å². The monoisotopic (exact) mass is 270 g/mol. The summed E-state index contributed by atoms with van der Waals surface area (Å²) in [6, 6.07) is 3.86. The molecule has 0 aliphatic carbocycles. The second kappa shape index (κ2) is 3.92. The van der Waals surface area contributed by atoms with Crippen LogP contribution < -0.4 is 0 Å². The molecule has 0 nitrogen and oxygen atoms in total. The van der Waals surface area contributed by atoms with Crippen LogP contribution in [0.4, 0.5) is 13.2 Å². The van der Waals surface area contributed by atoms with Crippen LogP contribution in [0.2, 0.25) is 0 Å². The lowest BCUT2D eigenvalue weighted by atomic mass is 10.2. The van der Waals surface area contributed by atoms with Crippen molar-refractivity contribution < 1.29 is 13.2 Å². The molecule has 0 spiro atoms. The third-order valence-electron chi connectivity index (χ3n) is 1.43. The van der Waals surface area contributed by atoms with E-state index in [9.17, 15) is 13.2 Å². The molecular weight excluding hydrogens is 265 g/mol. The van der Waals surface area contributed by atoms with Gasteiger partial charge in [0.25, 0.3) is 0 Å². The Balaban J connectivity index is 3.16. The van der Waals surface area contributed by atoms with Crippen molar-refractivity contribution in [2.24, 2.45) is 0 Å². The first-order chi connectivity index (χ1) is 5.93. The summed E-state index contributed by atoms with van der Waals surface area (Å²) in [7, 11) is 0. The van der Waals surface area contributed by atoms with Crippen LogP contribution >= 0.6 is 27.7 Å². The van der Waals surface area contributed by atoms with Crippen molar-refractivity contribution in [1.29, 1.82) is 0 Å². The van der Waals surface area contributed by atoms with E-state index in [1.165, 1.54) is 11.8 Å². The second-order valence-corrected chi connectivity index (χ2v) is 4.17.